The van der Waals surface area contributed by atoms with E-state index in [1.807, 2.05) is 18.2 Å². The normalized spacial score (nSPS) is 20.3. The molecule has 1 aromatic carbocycles. The molecule has 4 nitrogen and oxygen atoms in total. The highest BCUT2D eigenvalue weighted by molar-refractivity contribution is 5.95. The predicted molar refractivity (Wildman–Crippen MR) is 93.8 cm³/mol. The van der Waals surface area contributed by atoms with E-state index in [4.69, 9.17) is 4.74 Å². The number of carbonyl (C=O) groups is 1. The van der Waals surface area contributed by atoms with Crippen molar-refractivity contribution >= 4 is 17.3 Å². The molecule has 3 rings (SSSR count). The van der Waals surface area contributed by atoms with Gasteiger partial charge in [0.1, 0.15) is 0 Å². The van der Waals surface area contributed by atoms with Gasteiger partial charge in [-0.15, -0.1) is 6.58 Å². The first-order valence-electron chi connectivity index (χ1n) is 8.59. The number of anilines is 2. The summed E-state index contributed by atoms with van der Waals surface area (Å²) in [7, 11) is 0. The molecule has 2 heterocycles. The molecule has 2 saturated heterocycles. The number of nitrogens with one attached hydrogen (secondary N) is 1. The average molecular weight is 314 g/mol. The lowest BCUT2D eigenvalue weighted by molar-refractivity contribution is -0.130. The number of ether oxygens (including phenoxy) is 1. The second-order valence-corrected chi connectivity index (χ2v) is 6.58. The van der Waals surface area contributed by atoms with Crippen molar-refractivity contribution < 1.29 is 9.53 Å². The van der Waals surface area contributed by atoms with Crippen LogP contribution in [0.25, 0.3) is 0 Å². The van der Waals surface area contributed by atoms with Gasteiger partial charge in [-0.25, -0.2) is 0 Å². The Morgan fingerprint density at radius 2 is 1.87 bits per heavy atom. The lowest BCUT2D eigenvalue weighted by Gasteiger charge is -2.35. The number of carbonyl (C=O) groups excluding carboxylic acids is 1. The molecule has 2 aliphatic rings. The molecule has 0 atom stereocenters. The van der Waals surface area contributed by atoms with Crippen LogP contribution in [0.3, 0.4) is 0 Å². The maximum Gasteiger partial charge on any atom is 0.231 e. The third-order valence-corrected chi connectivity index (χ3v) is 5.06. The fourth-order valence-corrected chi connectivity index (χ4v) is 3.56. The summed E-state index contributed by atoms with van der Waals surface area (Å²) >= 11 is 0. The van der Waals surface area contributed by atoms with Crippen LogP contribution >= 0.6 is 0 Å². The van der Waals surface area contributed by atoms with Gasteiger partial charge in [0.2, 0.25) is 5.91 Å². The smallest absolute Gasteiger partial charge is 0.231 e. The summed E-state index contributed by atoms with van der Waals surface area (Å²) in [5, 5.41) is 3.09. The summed E-state index contributed by atoms with van der Waals surface area (Å²) in [5.74, 6) is 0.0922. The van der Waals surface area contributed by atoms with Crippen molar-refractivity contribution in [3.8, 4) is 0 Å². The number of benzene rings is 1. The Balaban J connectivity index is 1.67. The van der Waals surface area contributed by atoms with Gasteiger partial charge in [0.05, 0.1) is 5.41 Å². The van der Waals surface area contributed by atoms with Crippen LogP contribution in [-0.4, -0.2) is 32.2 Å². The Morgan fingerprint density at radius 3 is 2.48 bits per heavy atom. The minimum atomic E-state index is -0.367. The molecule has 23 heavy (non-hydrogen) atoms. The van der Waals surface area contributed by atoms with Crippen molar-refractivity contribution in [2.45, 2.75) is 32.1 Å². The molecule has 1 amide bonds. The van der Waals surface area contributed by atoms with Crippen LogP contribution < -0.4 is 10.2 Å². The number of allylic oxidation sites excluding steroid dienone is 1. The molecule has 1 aromatic rings. The zero-order chi connectivity index (χ0) is 16.1. The number of rotatable bonds is 5. The maximum atomic E-state index is 12.8. The van der Waals surface area contributed by atoms with E-state index < -0.39 is 0 Å². The lowest BCUT2D eigenvalue weighted by Crippen LogP contribution is -2.40. The van der Waals surface area contributed by atoms with Crippen molar-refractivity contribution in [2.75, 3.05) is 36.5 Å². The Bertz CT molecular complexity index is 541. The highest BCUT2D eigenvalue weighted by atomic mass is 16.5. The van der Waals surface area contributed by atoms with E-state index in [9.17, 15) is 4.79 Å². The Kier molecular flexibility index (Phi) is 5.01. The van der Waals surface area contributed by atoms with Gasteiger partial charge in [-0.2, -0.15) is 0 Å². The van der Waals surface area contributed by atoms with Gasteiger partial charge < -0.3 is 15.0 Å². The molecule has 124 valence electrons. The molecule has 0 radical (unpaired) electrons. The van der Waals surface area contributed by atoms with E-state index >= 15 is 0 Å². The second kappa shape index (κ2) is 7.18. The monoisotopic (exact) mass is 314 g/mol. The fraction of sp³-hybridized carbons (Fsp3) is 0.526. The first-order chi connectivity index (χ1) is 11.2. The summed E-state index contributed by atoms with van der Waals surface area (Å²) in [6, 6.07) is 8.22. The Labute approximate surface area is 138 Å². The van der Waals surface area contributed by atoms with Gasteiger partial charge in [0.25, 0.3) is 0 Å². The van der Waals surface area contributed by atoms with Gasteiger partial charge >= 0.3 is 0 Å². The Hall–Kier alpha value is -1.81. The highest BCUT2D eigenvalue weighted by Gasteiger charge is 2.38. The van der Waals surface area contributed by atoms with Crippen LogP contribution in [0.2, 0.25) is 0 Å². The van der Waals surface area contributed by atoms with Gasteiger partial charge in [-0.1, -0.05) is 6.08 Å². The molecule has 0 aliphatic carbocycles. The van der Waals surface area contributed by atoms with Crippen LogP contribution in [-0.2, 0) is 9.53 Å². The van der Waals surface area contributed by atoms with Crippen molar-refractivity contribution in [3.63, 3.8) is 0 Å². The van der Waals surface area contributed by atoms with E-state index in [0.29, 0.717) is 19.6 Å². The summed E-state index contributed by atoms with van der Waals surface area (Å²) in [5.41, 5.74) is 1.74. The van der Waals surface area contributed by atoms with Crippen molar-refractivity contribution in [1.29, 1.82) is 0 Å². The summed E-state index contributed by atoms with van der Waals surface area (Å²) in [6.07, 6.45) is 6.61. The SMILES string of the molecule is C=CCC1(C(=O)Nc2ccc(N3CCCC3)cc2)CCOCC1. The molecule has 0 unspecified atom stereocenters. The third kappa shape index (κ3) is 3.58. The summed E-state index contributed by atoms with van der Waals surface area (Å²) < 4.78 is 5.42. The van der Waals surface area contributed by atoms with Crippen molar-refractivity contribution in [2.24, 2.45) is 5.41 Å². The largest absolute Gasteiger partial charge is 0.381 e. The molecule has 2 fully saturated rings. The second-order valence-electron chi connectivity index (χ2n) is 6.58. The van der Waals surface area contributed by atoms with Gasteiger partial charge in [0.15, 0.2) is 0 Å². The molecular formula is C19H26N2O2. The van der Waals surface area contributed by atoms with E-state index in [0.717, 1.165) is 31.6 Å². The lowest BCUT2D eigenvalue weighted by atomic mass is 9.76. The zero-order valence-corrected chi connectivity index (χ0v) is 13.7. The Morgan fingerprint density at radius 1 is 1.22 bits per heavy atom. The van der Waals surface area contributed by atoms with Crippen LogP contribution in [0.15, 0.2) is 36.9 Å². The number of amides is 1. The third-order valence-electron chi connectivity index (χ3n) is 5.06. The topological polar surface area (TPSA) is 41.6 Å². The van der Waals surface area contributed by atoms with E-state index in [-0.39, 0.29) is 11.3 Å². The summed E-state index contributed by atoms with van der Waals surface area (Å²) in [4.78, 5) is 15.2. The van der Waals surface area contributed by atoms with E-state index in [1.165, 1.54) is 18.5 Å². The first-order valence-corrected chi connectivity index (χ1v) is 8.59. The van der Waals surface area contributed by atoms with Crippen molar-refractivity contribution in [3.05, 3.63) is 36.9 Å². The minimum Gasteiger partial charge on any atom is -0.381 e. The van der Waals surface area contributed by atoms with Gasteiger partial charge in [-0.3, -0.25) is 4.79 Å². The number of hydrogen-bond donors (Lipinski definition) is 1. The zero-order valence-electron chi connectivity index (χ0n) is 13.7. The highest BCUT2D eigenvalue weighted by Crippen LogP contribution is 2.36. The van der Waals surface area contributed by atoms with Crippen LogP contribution in [0, 0.1) is 5.41 Å². The molecule has 0 aromatic heterocycles. The van der Waals surface area contributed by atoms with E-state index in [2.05, 4.69) is 28.9 Å². The standard InChI is InChI=1S/C19H26N2O2/c1-2-9-19(10-14-23-15-11-19)18(22)20-16-5-7-17(8-6-16)21-12-3-4-13-21/h2,5-8H,1,3-4,9-15H2,(H,20,22). The molecule has 1 N–H and O–H groups in total. The predicted octanol–water partition coefficient (Wildman–Crippen LogP) is 3.60. The summed E-state index contributed by atoms with van der Waals surface area (Å²) in [6.45, 7) is 7.38. The van der Waals surface area contributed by atoms with E-state index in [1.54, 1.807) is 0 Å². The van der Waals surface area contributed by atoms with Crippen LogP contribution in [0.4, 0.5) is 11.4 Å². The molecule has 0 spiro atoms. The fourth-order valence-electron chi connectivity index (χ4n) is 3.56. The van der Waals surface area contributed by atoms with Crippen LogP contribution in [0.5, 0.6) is 0 Å². The molecule has 0 saturated carbocycles. The molecule has 4 heteroatoms. The molecule has 2 aliphatic heterocycles. The van der Waals surface area contributed by atoms with Gasteiger partial charge in [-0.05, 0) is 56.4 Å². The molecule has 0 bridgehead atoms. The minimum absolute atomic E-state index is 0.0922. The average Bonchev–Trinajstić information content (AvgIpc) is 3.11. The van der Waals surface area contributed by atoms with Crippen molar-refractivity contribution in [1.82, 2.24) is 0 Å². The van der Waals surface area contributed by atoms with Gasteiger partial charge in [0, 0.05) is 37.7 Å². The maximum absolute atomic E-state index is 12.8. The molecular weight excluding hydrogens is 288 g/mol. The van der Waals surface area contributed by atoms with Crippen LogP contribution in [0.1, 0.15) is 32.1 Å². The number of hydrogen-bond acceptors (Lipinski definition) is 3. The number of nitrogens with zero attached hydrogens (tertiary/aromatic N) is 1. The first kappa shape index (κ1) is 16.1. The quantitative estimate of drug-likeness (QED) is 0.844.